The Bertz CT molecular complexity index is 600. The van der Waals surface area contributed by atoms with Gasteiger partial charge in [-0.3, -0.25) is 9.59 Å². The summed E-state index contributed by atoms with van der Waals surface area (Å²) in [7, 11) is 0. The van der Waals surface area contributed by atoms with Crippen molar-refractivity contribution in [3.63, 3.8) is 0 Å². The molecule has 1 rings (SSSR count). The molecular weight excluding hydrogens is 424 g/mol. The van der Waals surface area contributed by atoms with Gasteiger partial charge in [-0.05, 0) is 17.4 Å². The number of hydrogen-bond donors (Lipinski definition) is 1. The number of carbonyl (C=O) groups is 2. The fourth-order valence-corrected chi connectivity index (χ4v) is 3.18. The van der Waals surface area contributed by atoms with Crippen LogP contribution in [0.1, 0.15) is 27.7 Å². The first-order valence-corrected chi connectivity index (χ1v) is 10.8. The Labute approximate surface area is 188 Å². The number of azide groups is 1. The Morgan fingerprint density at radius 3 is 2.12 bits per heavy atom. The van der Waals surface area contributed by atoms with Crippen LogP contribution < -0.4 is 5.32 Å². The van der Waals surface area contributed by atoms with Crippen LogP contribution in [0, 0.1) is 11.8 Å². The highest BCUT2D eigenvalue weighted by atomic mass is 16.7. The molecule has 0 radical (unpaired) electrons. The van der Waals surface area contributed by atoms with Crippen molar-refractivity contribution in [2.75, 3.05) is 59.4 Å². The predicted molar refractivity (Wildman–Crippen MR) is 114 cm³/mol. The molecule has 1 saturated heterocycles. The quantitative estimate of drug-likeness (QED) is 0.119. The third-order valence-corrected chi connectivity index (χ3v) is 5.06. The summed E-state index contributed by atoms with van der Waals surface area (Å²) in [5.41, 5.74) is 8.14. The number of nitrogens with one attached hydrogen (secondary N) is 1. The van der Waals surface area contributed by atoms with Gasteiger partial charge in [0.2, 0.25) is 5.91 Å². The molecule has 12 heteroatoms. The van der Waals surface area contributed by atoms with Crippen molar-refractivity contribution in [3.8, 4) is 0 Å². The van der Waals surface area contributed by atoms with Crippen molar-refractivity contribution >= 4 is 11.9 Å². The molecule has 12 nitrogen and oxygen atoms in total. The molecule has 0 aromatic heterocycles. The Hall–Kier alpha value is -1.95. The predicted octanol–water partition coefficient (Wildman–Crippen LogP) is 1.43. The normalized spacial score (nSPS) is 25.1. The first-order chi connectivity index (χ1) is 15.4. The number of hydrogen-bond acceptors (Lipinski definition) is 9. The molecule has 5 unspecified atom stereocenters. The van der Waals surface area contributed by atoms with Crippen LogP contribution in [0.2, 0.25) is 0 Å². The zero-order valence-corrected chi connectivity index (χ0v) is 19.4. The summed E-state index contributed by atoms with van der Waals surface area (Å²) in [5.74, 6) is -0.422. The summed E-state index contributed by atoms with van der Waals surface area (Å²) in [5, 5.41) is 6.26. The Balaban J connectivity index is 2.28. The molecule has 0 saturated carbocycles. The van der Waals surface area contributed by atoms with Gasteiger partial charge in [0.05, 0.1) is 58.4 Å². The summed E-state index contributed by atoms with van der Waals surface area (Å²) < 4.78 is 33.1. The SMILES string of the molecule is CC(=O)NC1C(OCCOCCOCCOCCN=[N+]=[N-])OC(COC(C)=O)C(C)C1C. The lowest BCUT2D eigenvalue weighted by atomic mass is 9.82. The highest BCUT2D eigenvalue weighted by Gasteiger charge is 2.42. The number of nitrogens with zero attached hydrogens (tertiary/aromatic N) is 3. The van der Waals surface area contributed by atoms with Gasteiger partial charge in [0.15, 0.2) is 6.29 Å². The first kappa shape index (κ1) is 28.1. The van der Waals surface area contributed by atoms with Crippen LogP contribution >= 0.6 is 0 Å². The van der Waals surface area contributed by atoms with Gasteiger partial charge in [-0.2, -0.15) is 0 Å². The van der Waals surface area contributed by atoms with Crippen LogP contribution in [-0.2, 0) is 38.0 Å². The van der Waals surface area contributed by atoms with E-state index < -0.39 is 6.29 Å². The van der Waals surface area contributed by atoms with Crippen LogP contribution in [0.4, 0.5) is 0 Å². The van der Waals surface area contributed by atoms with Gasteiger partial charge in [0, 0.05) is 25.3 Å². The van der Waals surface area contributed by atoms with E-state index in [0.717, 1.165) is 0 Å². The van der Waals surface area contributed by atoms with Crippen molar-refractivity contribution in [1.82, 2.24) is 5.32 Å². The standard InChI is InChI=1S/C20H36N4O8/c1-14-15(2)19(23-16(3)25)20(32-18(14)13-31-17(4)26)30-12-11-29-10-9-28-8-7-27-6-5-22-24-21/h14-15,18-20H,5-13H2,1-4H3,(H,23,25). The Kier molecular flexibility index (Phi) is 14.6. The van der Waals surface area contributed by atoms with Crippen LogP contribution in [0.5, 0.6) is 0 Å². The van der Waals surface area contributed by atoms with E-state index in [4.69, 9.17) is 34.0 Å². The molecule has 1 aliphatic heterocycles. The second kappa shape index (κ2) is 16.7. The van der Waals surface area contributed by atoms with Gasteiger partial charge < -0.3 is 33.7 Å². The molecule has 0 bridgehead atoms. The lowest BCUT2D eigenvalue weighted by Crippen LogP contribution is -2.58. The molecule has 1 N–H and O–H groups in total. The maximum absolute atomic E-state index is 11.6. The fraction of sp³-hybridized carbons (Fsp3) is 0.900. The summed E-state index contributed by atoms with van der Waals surface area (Å²) in [4.78, 5) is 25.4. The fourth-order valence-electron chi connectivity index (χ4n) is 3.18. The maximum Gasteiger partial charge on any atom is 0.302 e. The molecule has 1 heterocycles. The van der Waals surface area contributed by atoms with Gasteiger partial charge in [-0.1, -0.05) is 19.0 Å². The first-order valence-electron chi connectivity index (χ1n) is 10.8. The topological polar surface area (TPSA) is 150 Å². The van der Waals surface area contributed by atoms with E-state index >= 15 is 0 Å². The number of amides is 1. The molecule has 184 valence electrons. The van der Waals surface area contributed by atoms with E-state index in [1.165, 1.54) is 13.8 Å². The number of ether oxygens (including phenoxy) is 6. The third-order valence-electron chi connectivity index (χ3n) is 5.06. The highest BCUT2D eigenvalue weighted by molar-refractivity contribution is 5.73. The summed E-state index contributed by atoms with van der Waals surface area (Å²) in [6.07, 6.45) is -1.000. The van der Waals surface area contributed by atoms with E-state index in [-0.39, 0.29) is 49.1 Å². The number of esters is 1. The Morgan fingerprint density at radius 2 is 1.56 bits per heavy atom. The zero-order valence-electron chi connectivity index (χ0n) is 19.4. The second-order valence-corrected chi connectivity index (χ2v) is 7.45. The van der Waals surface area contributed by atoms with E-state index in [1.807, 2.05) is 13.8 Å². The monoisotopic (exact) mass is 460 g/mol. The lowest BCUT2D eigenvalue weighted by Gasteiger charge is -2.44. The molecule has 0 aliphatic carbocycles. The molecule has 1 fully saturated rings. The highest BCUT2D eigenvalue weighted by Crippen LogP contribution is 2.31. The third kappa shape index (κ3) is 11.6. The van der Waals surface area contributed by atoms with E-state index in [2.05, 4.69) is 15.3 Å². The summed E-state index contributed by atoms with van der Waals surface area (Å²) >= 11 is 0. The molecule has 1 amide bonds. The van der Waals surface area contributed by atoms with Gasteiger partial charge in [0.25, 0.3) is 0 Å². The zero-order chi connectivity index (χ0) is 23.8. The van der Waals surface area contributed by atoms with Gasteiger partial charge in [-0.15, -0.1) is 0 Å². The average Bonchev–Trinajstić information content (AvgIpc) is 2.74. The van der Waals surface area contributed by atoms with Gasteiger partial charge in [0.1, 0.15) is 6.61 Å². The van der Waals surface area contributed by atoms with Crippen LogP contribution in [0.15, 0.2) is 5.11 Å². The molecule has 32 heavy (non-hydrogen) atoms. The van der Waals surface area contributed by atoms with E-state index in [9.17, 15) is 9.59 Å². The largest absolute Gasteiger partial charge is 0.463 e. The van der Waals surface area contributed by atoms with E-state index in [0.29, 0.717) is 46.2 Å². The van der Waals surface area contributed by atoms with Crippen molar-refractivity contribution in [3.05, 3.63) is 10.4 Å². The molecule has 0 aromatic carbocycles. The van der Waals surface area contributed by atoms with Crippen molar-refractivity contribution in [2.24, 2.45) is 17.0 Å². The van der Waals surface area contributed by atoms with Crippen LogP contribution in [0.3, 0.4) is 0 Å². The van der Waals surface area contributed by atoms with Gasteiger partial charge in [-0.25, -0.2) is 0 Å². The molecule has 0 spiro atoms. The maximum atomic E-state index is 11.6. The minimum atomic E-state index is -0.673. The van der Waals surface area contributed by atoms with Crippen LogP contribution in [-0.4, -0.2) is 89.7 Å². The van der Waals surface area contributed by atoms with Gasteiger partial charge >= 0.3 is 5.97 Å². The van der Waals surface area contributed by atoms with Crippen LogP contribution in [0.25, 0.3) is 10.4 Å². The lowest BCUT2D eigenvalue weighted by molar-refractivity contribution is -0.247. The molecule has 0 aromatic rings. The smallest absolute Gasteiger partial charge is 0.302 e. The minimum absolute atomic E-state index is 0.0569. The molecule has 5 atom stereocenters. The average molecular weight is 461 g/mol. The number of carbonyl (C=O) groups excluding carboxylic acids is 2. The second-order valence-electron chi connectivity index (χ2n) is 7.45. The van der Waals surface area contributed by atoms with E-state index in [1.54, 1.807) is 0 Å². The summed E-state index contributed by atoms with van der Waals surface area (Å²) in [6, 6.07) is -0.321. The van der Waals surface area contributed by atoms with Crippen molar-refractivity contribution < 1.29 is 38.0 Å². The molecule has 1 aliphatic rings. The minimum Gasteiger partial charge on any atom is -0.463 e. The Morgan fingerprint density at radius 1 is 0.969 bits per heavy atom. The molecular formula is C20H36N4O8. The summed E-state index contributed by atoms with van der Waals surface area (Å²) in [6.45, 7) is 9.86. The van der Waals surface area contributed by atoms with Crippen molar-refractivity contribution in [2.45, 2.75) is 46.1 Å². The number of rotatable bonds is 16. The van der Waals surface area contributed by atoms with Crippen molar-refractivity contribution in [1.29, 1.82) is 0 Å².